The number of nitrogens with two attached hydrogens (primary N) is 1. The highest BCUT2D eigenvalue weighted by Crippen LogP contribution is 2.38. The van der Waals surface area contributed by atoms with Crippen LogP contribution in [0.15, 0.2) is 78.2 Å². The van der Waals surface area contributed by atoms with Gasteiger partial charge in [-0.05, 0) is 117 Å². The van der Waals surface area contributed by atoms with Crippen molar-refractivity contribution in [2.24, 2.45) is 12.8 Å². The third kappa shape index (κ3) is 10.4. The number of primary amides is 1. The fraction of sp³-hybridized carbons (Fsp3) is 0.370. The van der Waals surface area contributed by atoms with Crippen LogP contribution in [0.5, 0.6) is 11.5 Å². The molecule has 0 radical (unpaired) electrons. The van der Waals surface area contributed by atoms with E-state index in [2.05, 4.69) is 86.7 Å². The molecule has 0 atom stereocenters. The average molecular weight is 990 g/mol. The van der Waals surface area contributed by atoms with Gasteiger partial charge < -0.3 is 35.6 Å². The van der Waals surface area contributed by atoms with Gasteiger partial charge in [-0.3, -0.25) is 19.0 Å². The van der Waals surface area contributed by atoms with Gasteiger partial charge in [-0.1, -0.05) is 55.9 Å². The predicted octanol–water partition coefficient (Wildman–Crippen LogP) is 7.95. The lowest BCUT2D eigenvalue weighted by atomic mass is 10.0. The van der Waals surface area contributed by atoms with Gasteiger partial charge in [0.05, 0.1) is 49.2 Å². The zero-order valence-corrected chi connectivity index (χ0v) is 43.0. The molecule has 0 saturated carbocycles. The summed E-state index contributed by atoms with van der Waals surface area (Å²) in [5, 5.41) is 16.7. The second-order valence-electron chi connectivity index (χ2n) is 18.3. The van der Waals surface area contributed by atoms with Gasteiger partial charge in [0, 0.05) is 74.2 Å². The summed E-state index contributed by atoms with van der Waals surface area (Å²) in [5.41, 5.74) is 19.6. The SMILES string of the molecule is CCc1cccc(CC)c1NC(=O)c1nn(Cc2ccc(OC)cc2)c2c1CCCc1cnc(Nc3ccc(N4CCN(C)CC4)cc3OC)nc1-2.CSc1ncc2c(n1)-c1c(c(C(N)=O)nn1C)CCC2. The Hall–Kier alpha value is -7.31. The third-order valence-electron chi connectivity index (χ3n) is 13.8. The average Bonchev–Trinajstić information content (AvgIpc) is 3.77. The van der Waals surface area contributed by atoms with E-state index in [0.29, 0.717) is 30.3 Å². The fourth-order valence-electron chi connectivity index (χ4n) is 9.88. The number of methoxy groups -OCH3 is 2. The van der Waals surface area contributed by atoms with E-state index < -0.39 is 5.91 Å². The Bertz CT molecular complexity index is 3080. The molecule has 4 N–H and O–H groups in total. The molecule has 1 aliphatic heterocycles. The molecule has 0 unspecified atom stereocenters. The first-order chi connectivity index (χ1) is 35.0. The Kier molecular flexibility index (Phi) is 15.2. The maximum Gasteiger partial charge on any atom is 0.276 e. The number of carbonyl (C=O) groups is 2. The van der Waals surface area contributed by atoms with Gasteiger partial charge in [-0.25, -0.2) is 19.9 Å². The third-order valence-corrected chi connectivity index (χ3v) is 14.3. The Balaban J connectivity index is 0.000000266. The van der Waals surface area contributed by atoms with Crippen molar-refractivity contribution in [1.29, 1.82) is 0 Å². The Labute approximate surface area is 425 Å². The number of aryl methyl sites for hydroxylation is 5. The van der Waals surface area contributed by atoms with Gasteiger partial charge in [0.2, 0.25) is 5.95 Å². The summed E-state index contributed by atoms with van der Waals surface area (Å²) in [4.78, 5) is 49.4. The van der Waals surface area contributed by atoms with Crippen LogP contribution in [0.1, 0.15) is 86.6 Å². The standard InChI is InChI=1S/C41H48N8O3.C13H15N5OS/c1-6-28-10-8-11-29(7-2)36(28)44-40(50)38-33-13-9-12-30-25-42-41(43-34-19-16-31(24-35(34)52-5)48-22-20-47(3)21-23-48)45-37(30)39(33)49(46-38)26-27-14-17-32(51-4)18-15-27;1-18-11-8(10(17-18)12(14)19)5-3-4-7-6-15-13(20-2)16-9(7)11/h8,10-11,14-19,24-25H,6-7,9,12-13,20-23,26H2,1-5H3,(H,44,50)(H,42,43,45);6H,3-5H2,1-2H3,(H2,14,19). The van der Waals surface area contributed by atoms with E-state index in [-0.39, 0.29) is 5.91 Å². The zero-order valence-electron chi connectivity index (χ0n) is 42.2. The van der Waals surface area contributed by atoms with Crippen molar-refractivity contribution in [1.82, 2.24) is 44.4 Å². The predicted molar refractivity (Wildman–Crippen MR) is 283 cm³/mol. The molecule has 72 heavy (non-hydrogen) atoms. The zero-order chi connectivity index (χ0) is 50.5. The van der Waals surface area contributed by atoms with E-state index in [1.54, 1.807) is 18.9 Å². The second-order valence-corrected chi connectivity index (χ2v) is 19.0. The fourth-order valence-corrected chi connectivity index (χ4v) is 10.2. The Morgan fingerprint density at radius 3 is 2.07 bits per heavy atom. The van der Waals surface area contributed by atoms with Gasteiger partial charge in [0.15, 0.2) is 16.5 Å². The molecule has 7 aromatic rings. The molecule has 1 fully saturated rings. The highest BCUT2D eigenvalue weighted by Gasteiger charge is 2.30. The molecule has 374 valence electrons. The highest BCUT2D eigenvalue weighted by molar-refractivity contribution is 7.98. The summed E-state index contributed by atoms with van der Waals surface area (Å²) in [6, 6.07) is 20.4. The monoisotopic (exact) mass is 989 g/mol. The largest absolute Gasteiger partial charge is 0.497 e. The molecule has 2 amide bonds. The van der Waals surface area contributed by atoms with Crippen molar-refractivity contribution in [3.63, 3.8) is 0 Å². The van der Waals surface area contributed by atoms with Gasteiger partial charge in [-0.15, -0.1) is 0 Å². The van der Waals surface area contributed by atoms with Crippen LogP contribution >= 0.6 is 11.8 Å². The van der Waals surface area contributed by atoms with Gasteiger partial charge in [0.1, 0.15) is 11.5 Å². The van der Waals surface area contributed by atoms with E-state index >= 15 is 0 Å². The van der Waals surface area contributed by atoms with Crippen molar-refractivity contribution in [3.8, 4) is 34.3 Å². The van der Waals surface area contributed by atoms with Crippen LogP contribution in [0.4, 0.5) is 23.0 Å². The molecule has 4 aromatic heterocycles. The van der Waals surface area contributed by atoms with Crippen LogP contribution < -0.4 is 30.7 Å². The van der Waals surface area contributed by atoms with Crippen molar-refractivity contribution >= 4 is 46.6 Å². The normalized spacial score (nSPS) is 14.1. The van der Waals surface area contributed by atoms with Crippen LogP contribution in [0, 0.1) is 0 Å². The summed E-state index contributed by atoms with van der Waals surface area (Å²) < 4.78 is 14.9. The van der Waals surface area contributed by atoms with Crippen LogP contribution in [-0.4, -0.2) is 110 Å². The van der Waals surface area contributed by atoms with Crippen LogP contribution in [0.2, 0.25) is 0 Å². The summed E-state index contributed by atoms with van der Waals surface area (Å²) in [6.45, 7) is 8.67. The second kappa shape index (κ2) is 22.0. The number of carbonyl (C=O) groups excluding carboxylic acids is 2. The summed E-state index contributed by atoms with van der Waals surface area (Å²) in [7, 11) is 7.32. The molecule has 0 spiro atoms. The molecule has 10 rings (SSSR count). The molecule has 5 heterocycles. The lowest BCUT2D eigenvalue weighted by Crippen LogP contribution is -2.44. The number of nitrogens with one attached hydrogen (secondary N) is 2. The number of amides is 2. The first-order valence-corrected chi connectivity index (χ1v) is 25.9. The summed E-state index contributed by atoms with van der Waals surface area (Å²) in [5.74, 6) is 1.26. The quantitative estimate of drug-likeness (QED) is 0.0744. The molecule has 2 aliphatic carbocycles. The first kappa shape index (κ1) is 49.7. The number of likely N-dealkylation sites (N-methyl/N-ethyl adjacent to an activating group) is 1. The van der Waals surface area contributed by atoms with E-state index in [4.69, 9.17) is 30.3 Å². The van der Waals surface area contributed by atoms with Crippen LogP contribution in [-0.2, 0) is 52.1 Å². The highest BCUT2D eigenvalue weighted by atomic mass is 32.2. The minimum atomic E-state index is -0.482. The molecule has 3 aromatic carbocycles. The molecule has 0 bridgehead atoms. The van der Waals surface area contributed by atoms with Crippen molar-refractivity contribution in [2.75, 3.05) is 69.2 Å². The van der Waals surface area contributed by atoms with E-state index in [1.165, 1.54) is 11.8 Å². The number of ether oxygens (including phenoxy) is 2. The topological polar surface area (TPSA) is 196 Å². The number of piperazine rings is 1. The van der Waals surface area contributed by atoms with Crippen molar-refractivity contribution in [2.45, 2.75) is 76.9 Å². The smallest absolute Gasteiger partial charge is 0.276 e. The maximum atomic E-state index is 14.3. The number of anilines is 4. The molecule has 17 nitrogen and oxygen atoms in total. The number of benzene rings is 3. The van der Waals surface area contributed by atoms with Crippen LogP contribution in [0.25, 0.3) is 22.8 Å². The lowest BCUT2D eigenvalue weighted by molar-refractivity contribution is 0.0991. The van der Waals surface area contributed by atoms with Crippen molar-refractivity contribution < 1.29 is 19.1 Å². The molecule has 18 heteroatoms. The number of hydrogen-bond donors (Lipinski definition) is 3. The van der Waals surface area contributed by atoms with Crippen molar-refractivity contribution in [3.05, 3.63) is 123 Å². The lowest BCUT2D eigenvalue weighted by Gasteiger charge is -2.34. The van der Waals surface area contributed by atoms with Crippen LogP contribution in [0.3, 0.4) is 0 Å². The minimum absolute atomic E-state index is 0.207. The number of nitrogens with zero attached hydrogens (tertiary/aromatic N) is 10. The van der Waals surface area contributed by atoms with Gasteiger partial charge >= 0.3 is 0 Å². The number of thioether (sulfide) groups is 1. The minimum Gasteiger partial charge on any atom is -0.497 e. The van der Waals surface area contributed by atoms with E-state index in [9.17, 15) is 9.59 Å². The maximum absolute atomic E-state index is 14.3. The summed E-state index contributed by atoms with van der Waals surface area (Å²) >= 11 is 1.50. The summed E-state index contributed by atoms with van der Waals surface area (Å²) in [6.07, 6.45) is 12.3. The molecule has 1 saturated heterocycles. The number of fused-ring (bicyclic) bond motifs is 6. The van der Waals surface area contributed by atoms with E-state index in [0.717, 1.165) is 167 Å². The van der Waals surface area contributed by atoms with E-state index in [1.807, 2.05) is 60.7 Å². The molecular weight excluding hydrogens is 927 g/mol. The first-order valence-electron chi connectivity index (χ1n) is 24.7. The number of rotatable bonds is 13. The number of aromatic nitrogens is 8. The molecule has 3 aliphatic rings. The Morgan fingerprint density at radius 2 is 1.43 bits per heavy atom. The number of hydrogen-bond acceptors (Lipinski definition) is 14. The molecular formula is C54H63N13O4S. The Morgan fingerprint density at radius 1 is 0.764 bits per heavy atom. The number of para-hydroxylation sites is 1. The van der Waals surface area contributed by atoms with Gasteiger partial charge in [-0.2, -0.15) is 10.2 Å². The van der Waals surface area contributed by atoms with Gasteiger partial charge in [0.25, 0.3) is 11.8 Å².